The summed E-state index contributed by atoms with van der Waals surface area (Å²) in [7, 11) is 1.94. The van der Waals surface area contributed by atoms with E-state index in [0.29, 0.717) is 0 Å². The van der Waals surface area contributed by atoms with Gasteiger partial charge in [-0.1, -0.05) is 36.4 Å². The van der Waals surface area contributed by atoms with Crippen molar-refractivity contribution in [1.29, 1.82) is 0 Å². The predicted octanol–water partition coefficient (Wildman–Crippen LogP) is 4.70. The van der Waals surface area contributed by atoms with Crippen molar-refractivity contribution < 1.29 is 4.79 Å². The summed E-state index contributed by atoms with van der Waals surface area (Å²) in [6.45, 7) is 0. The smallest absolute Gasteiger partial charge is 0.254 e. The van der Waals surface area contributed by atoms with Gasteiger partial charge in [0.2, 0.25) is 0 Å². The van der Waals surface area contributed by atoms with Crippen molar-refractivity contribution >= 4 is 17.7 Å². The van der Waals surface area contributed by atoms with Gasteiger partial charge in [-0.15, -0.1) is 0 Å². The molecule has 1 amide bonds. The van der Waals surface area contributed by atoms with Crippen LogP contribution in [-0.2, 0) is 12.2 Å². The van der Waals surface area contributed by atoms with Gasteiger partial charge in [0.1, 0.15) is 0 Å². The summed E-state index contributed by atoms with van der Waals surface area (Å²) >= 11 is 1.79. The normalized spacial score (nSPS) is 16.7. The van der Waals surface area contributed by atoms with E-state index in [4.69, 9.17) is 0 Å². The highest BCUT2D eigenvalue weighted by molar-refractivity contribution is 7.97. The molecule has 2 aromatic rings. The van der Waals surface area contributed by atoms with Gasteiger partial charge in [-0.3, -0.25) is 4.79 Å². The van der Waals surface area contributed by atoms with Gasteiger partial charge in [0.05, 0.1) is 6.04 Å². The average Bonchev–Trinajstić information content (AvgIpc) is 2.61. The van der Waals surface area contributed by atoms with Crippen LogP contribution < -0.4 is 0 Å². The molecular weight excluding hydrogens is 302 g/mol. The molecule has 23 heavy (non-hydrogen) atoms. The van der Waals surface area contributed by atoms with Crippen LogP contribution >= 0.6 is 11.8 Å². The molecule has 1 unspecified atom stereocenters. The van der Waals surface area contributed by atoms with E-state index in [1.165, 1.54) is 16.7 Å². The summed E-state index contributed by atoms with van der Waals surface area (Å²) in [5, 5.41) is 0. The van der Waals surface area contributed by atoms with Crippen LogP contribution in [0.25, 0.3) is 0 Å². The Kier molecular flexibility index (Phi) is 5.06. The minimum Gasteiger partial charge on any atom is -0.335 e. The van der Waals surface area contributed by atoms with Crippen LogP contribution in [0.2, 0.25) is 0 Å². The predicted molar refractivity (Wildman–Crippen MR) is 97.9 cm³/mol. The van der Waals surface area contributed by atoms with E-state index in [-0.39, 0.29) is 11.9 Å². The maximum atomic E-state index is 12.8. The highest BCUT2D eigenvalue weighted by Crippen LogP contribution is 2.34. The average molecular weight is 325 g/mol. The first-order valence-electron chi connectivity index (χ1n) is 8.13. The summed E-state index contributed by atoms with van der Waals surface area (Å²) in [4.78, 5) is 14.8. The lowest BCUT2D eigenvalue weighted by atomic mass is 9.87. The number of rotatable bonds is 4. The number of thioether (sulfide) groups is 1. The fourth-order valence-electron chi connectivity index (χ4n) is 3.39. The minimum atomic E-state index is 0.113. The Hall–Kier alpha value is -1.74. The van der Waals surface area contributed by atoms with Crippen LogP contribution in [0.4, 0.5) is 0 Å². The van der Waals surface area contributed by atoms with E-state index in [0.717, 1.165) is 30.6 Å². The van der Waals surface area contributed by atoms with Crippen molar-refractivity contribution in [2.45, 2.75) is 31.1 Å². The van der Waals surface area contributed by atoms with Gasteiger partial charge in [-0.05, 0) is 54.3 Å². The van der Waals surface area contributed by atoms with E-state index >= 15 is 0 Å². The summed E-state index contributed by atoms with van der Waals surface area (Å²) in [5.74, 6) is 1.10. The van der Waals surface area contributed by atoms with Crippen molar-refractivity contribution in [3.05, 3.63) is 70.8 Å². The molecule has 0 saturated heterocycles. The molecule has 3 heteroatoms. The van der Waals surface area contributed by atoms with Gasteiger partial charge in [0.25, 0.3) is 5.91 Å². The molecular formula is C20H23NOS. The molecule has 0 radical (unpaired) electrons. The Morgan fingerprint density at radius 3 is 2.65 bits per heavy atom. The zero-order valence-electron chi connectivity index (χ0n) is 13.8. The maximum Gasteiger partial charge on any atom is 0.254 e. The molecule has 0 spiro atoms. The summed E-state index contributed by atoms with van der Waals surface area (Å²) in [6, 6.07) is 16.8. The number of carbonyl (C=O) groups is 1. The third-order valence-corrected chi connectivity index (χ3v) is 5.26. The van der Waals surface area contributed by atoms with Crippen LogP contribution in [0.15, 0.2) is 48.5 Å². The highest BCUT2D eigenvalue weighted by Gasteiger charge is 2.26. The second-order valence-electron chi connectivity index (χ2n) is 6.15. The van der Waals surface area contributed by atoms with Crippen LogP contribution in [0.5, 0.6) is 0 Å². The second-order valence-corrected chi connectivity index (χ2v) is 7.02. The molecule has 2 aromatic carbocycles. The van der Waals surface area contributed by atoms with Crippen molar-refractivity contribution in [3.63, 3.8) is 0 Å². The third-order valence-electron chi connectivity index (χ3n) is 4.64. The van der Waals surface area contributed by atoms with Crippen molar-refractivity contribution in [2.75, 3.05) is 13.3 Å². The number of aryl methyl sites for hydroxylation is 1. The highest BCUT2D eigenvalue weighted by atomic mass is 32.2. The largest absolute Gasteiger partial charge is 0.335 e. The van der Waals surface area contributed by atoms with Crippen LogP contribution in [0, 0.1) is 0 Å². The molecule has 0 bridgehead atoms. The van der Waals surface area contributed by atoms with Crippen LogP contribution in [-0.4, -0.2) is 24.1 Å². The van der Waals surface area contributed by atoms with Crippen molar-refractivity contribution in [1.82, 2.24) is 4.90 Å². The standard InChI is InChI=1S/C20H23NOS/c1-21(19-9-5-7-16-6-3-4-8-18(16)19)20(22)17-12-10-15(11-13-17)14-23-2/h3-4,6,8,10-13,19H,5,7,9,14H2,1-2H3. The van der Waals surface area contributed by atoms with E-state index in [2.05, 4.69) is 42.7 Å². The number of fused-ring (bicyclic) bond motifs is 1. The zero-order chi connectivity index (χ0) is 16.2. The van der Waals surface area contributed by atoms with E-state index in [1.54, 1.807) is 11.8 Å². The first kappa shape index (κ1) is 16.1. The Balaban J connectivity index is 1.80. The number of benzene rings is 2. The van der Waals surface area contributed by atoms with Crippen LogP contribution in [0.1, 0.15) is 45.9 Å². The number of hydrogen-bond donors (Lipinski definition) is 0. The molecule has 3 rings (SSSR count). The fraction of sp³-hybridized carbons (Fsp3) is 0.350. The SMILES string of the molecule is CSCc1ccc(C(=O)N(C)C2CCCc3ccccc32)cc1. The van der Waals surface area contributed by atoms with E-state index in [1.807, 2.05) is 24.1 Å². The summed E-state index contributed by atoms with van der Waals surface area (Å²) in [5.41, 5.74) is 4.74. The topological polar surface area (TPSA) is 20.3 Å². The second kappa shape index (κ2) is 7.22. The third kappa shape index (κ3) is 3.45. The molecule has 0 heterocycles. The number of hydrogen-bond acceptors (Lipinski definition) is 2. The van der Waals surface area contributed by atoms with E-state index < -0.39 is 0 Å². The molecule has 0 N–H and O–H groups in total. The van der Waals surface area contributed by atoms with E-state index in [9.17, 15) is 4.79 Å². The molecule has 120 valence electrons. The van der Waals surface area contributed by atoms with Gasteiger partial charge in [-0.2, -0.15) is 11.8 Å². The van der Waals surface area contributed by atoms with Gasteiger partial charge < -0.3 is 4.90 Å². The first-order chi connectivity index (χ1) is 11.2. The minimum absolute atomic E-state index is 0.113. The number of carbonyl (C=O) groups excluding carboxylic acids is 1. The number of amides is 1. The lowest BCUT2D eigenvalue weighted by molar-refractivity contribution is 0.0715. The molecule has 1 aliphatic carbocycles. The van der Waals surface area contributed by atoms with Gasteiger partial charge in [-0.25, -0.2) is 0 Å². The molecule has 0 aliphatic heterocycles. The first-order valence-corrected chi connectivity index (χ1v) is 9.53. The fourth-order valence-corrected chi connectivity index (χ4v) is 3.91. The molecule has 1 atom stereocenters. The van der Waals surface area contributed by atoms with Gasteiger partial charge in [0, 0.05) is 18.4 Å². The summed E-state index contributed by atoms with van der Waals surface area (Å²) in [6.07, 6.45) is 5.40. The monoisotopic (exact) mass is 325 g/mol. The lowest BCUT2D eigenvalue weighted by Gasteiger charge is -2.33. The molecule has 0 saturated carbocycles. The maximum absolute atomic E-state index is 12.8. The molecule has 2 nitrogen and oxygen atoms in total. The summed E-state index contributed by atoms with van der Waals surface area (Å²) < 4.78 is 0. The van der Waals surface area contributed by atoms with Crippen LogP contribution in [0.3, 0.4) is 0 Å². The van der Waals surface area contributed by atoms with Gasteiger partial charge >= 0.3 is 0 Å². The Morgan fingerprint density at radius 2 is 1.91 bits per heavy atom. The quantitative estimate of drug-likeness (QED) is 0.812. The van der Waals surface area contributed by atoms with Crippen molar-refractivity contribution in [2.24, 2.45) is 0 Å². The number of nitrogens with zero attached hydrogens (tertiary/aromatic N) is 1. The molecule has 1 aliphatic rings. The molecule has 0 aromatic heterocycles. The van der Waals surface area contributed by atoms with Crippen molar-refractivity contribution in [3.8, 4) is 0 Å². The van der Waals surface area contributed by atoms with Gasteiger partial charge in [0.15, 0.2) is 0 Å². The Labute approximate surface area is 142 Å². The lowest BCUT2D eigenvalue weighted by Crippen LogP contribution is -2.33. The Bertz CT molecular complexity index is 680. The Morgan fingerprint density at radius 1 is 1.17 bits per heavy atom. The molecule has 0 fully saturated rings. The zero-order valence-corrected chi connectivity index (χ0v) is 14.6.